The molecular weight excluding hydrogens is 418 g/mol. The summed E-state index contributed by atoms with van der Waals surface area (Å²) in [5.74, 6) is 0.822. The molecule has 1 aliphatic heterocycles. The second-order valence-electron chi connectivity index (χ2n) is 8.31. The molecule has 1 atom stereocenters. The van der Waals surface area contributed by atoms with Crippen LogP contribution < -0.4 is 10.5 Å². The molecule has 0 bridgehead atoms. The van der Waals surface area contributed by atoms with E-state index in [2.05, 4.69) is 10.1 Å². The van der Waals surface area contributed by atoms with Crippen LogP contribution >= 0.6 is 0 Å². The summed E-state index contributed by atoms with van der Waals surface area (Å²) in [6.07, 6.45) is 8.69. The van der Waals surface area contributed by atoms with E-state index in [0.717, 1.165) is 37.1 Å². The number of ether oxygens (including phenoxy) is 1. The molecule has 1 saturated heterocycles. The number of nitrogens with zero attached hydrogens (tertiary/aromatic N) is 4. The van der Waals surface area contributed by atoms with E-state index in [1.54, 1.807) is 24.2 Å². The number of nitrogens with two attached hydrogens (primary N) is 1. The number of rotatable bonds is 8. The van der Waals surface area contributed by atoms with Crippen molar-refractivity contribution in [3.8, 4) is 11.4 Å². The number of hydrogen-bond donors (Lipinski definition) is 1. The van der Waals surface area contributed by atoms with Crippen LogP contribution in [-0.2, 0) is 11.2 Å². The number of pyridine rings is 1. The lowest BCUT2D eigenvalue weighted by Crippen LogP contribution is -2.42. The third-order valence-electron chi connectivity index (χ3n) is 6.14. The Morgan fingerprint density at radius 2 is 1.91 bits per heavy atom. The first kappa shape index (κ1) is 22.5. The molecule has 0 spiro atoms. The Kier molecular flexibility index (Phi) is 7.02. The Labute approximate surface area is 193 Å². The fourth-order valence-corrected chi connectivity index (χ4v) is 4.27. The number of likely N-dealkylation sites (tertiary alicyclic amines) is 1. The molecule has 1 amide bonds. The van der Waals surface area contributed by atoms with Gasteiger partial charge in [0, 0.05) is 37.8 Å². The largest absolute Gasteiger partial charge is 0.497 e. The summed E-state index contributed by atoms with van der Waals surface area (Å²) in [6, 6.07) is 11.2. The maximum Gasteiger partial charge on any atom is 0.222 e. The lowest BCUT2D eigenvalue weighted by atomic mass is 9.90. The maximum atomic E-state index is 13.2. The van der Waals surface area contributed by atoms with Crippen molar-refractivity contribution in [2.75, 3.05) is 25.9 Å². The van der Waals surface area contributed by atoms with Crippen molar-refractivity contribution in [2.45, 2.75) is 32.1 Å². The van der Waals surface area contributed by atoms with Crippen LogP contribution in [0.4, 0.5) is 5.82 Å². The number of ketones is 1. The van der Waals surface area contributed by atoms with Gasteiger partial charge in [-0.3, -0.25) is 14.6 Å². The molecule has 8 nitrogen and oxygen atoms in total. The van der Waals surface area contributed by atoms with Crippen molar-refractivity contribution >= 4 is 17.5 Å². The predicted molar refractivity (Wildman–Crippen MR) is 125 cm³/mol. The Morgan fingerprint density at radius 3 is 2.64 bits per heavy atom. The van der Waals surface area contributed by atoms with E-state index in [0.29, 0.717) is 30.9 Å². The molecule has 3 heterocycles. The van der Waals surface area contributed by atoms with Gasteiger partial charge in [-0.15, -0.1) is 0 Å². The van der Waals surface area contributed by atoms with E-state index < -0.39 is 0 Å². The monoisotopic (exact) mass is 447 g/mol. The second kappa shape index (κ2) is 10.3. The molecule has 8 heteroatoms. The molecular formula is C25H29N5O3. The van der Waals surface area contributed by atoms with Crippen LogP contribution in [0.15, 0.2) is 55.0 Å². The lowest BCUT2D eigenvalue weighted by molar-refractivity contribution is -0.132. The molecule has 0 radical (unpaired) electrons. The van der Waals surface area contributed by atoms with Crippen LogP contribution in [0.3, 0.4) is 0 Å². The van der Waals surface area contributed by atoms with Crippen LogP contribution in [0.1, 0.15) is 41.6 Å². The van der Waals surface area contributed by atoms with Gasteiger partial charge in [-0.05, 0) is 67.6 Å². The minimum Gasteiger partial charge on any atom is -0.497 e. The van der Waals surface area contributed by atoms with Gasteiger partial charge in [0.15, 0.2) is 5.78 Å². The molecule has 1 aliphatic rings. The van der Waals surface area contributed by atoms with Gasteiger partial charge in [0.1, 0.15) is 11.6 Å². The number of hydrogen-bond acceptors (Lipinski definition) is 6. The highest BCUT2D eigenvalue weighted by Gasteiger charge is 2.31. The van der Waals surface area contributed by atoms with Gasteiger partial charge >= 0.3 is 0 Å². The fraction of sp³-hybridized carbons (Fsp3) is 0.360. The number of Topliss-reactive ketones (excluding diaryl/α,β-unsaturated/α-hetero) is 1. The number of piperidine rings is 1. The number of carbonyl (C=O) groups excluding carboxylic acids is 2. The SMILES string of the molecule is COc1ccc(-n2ncc(C(=O)[C@H]3CCCN(C(=O)CCCc4ccncc4)C3)c2N)cc1. The normalized spacial score (nSPS) is 15.9. The molecule has 1 fully saturated rings. The second-order valence-corrected chi connectivity index (χ2v) is 8.31. The number of benzene rings is 1. The summed E-state index contributed by atoms with van der Waals surface area (Å²) in [6.45, 7) is 1.12. The van der Waals surface area contributed by atoms with Crippen LogP contribution in [0.5, 0.6) is 5.75 Å². The first-order chi connectivity index (χ1) is 16.1. The van der Waals surface area contributed by atoms with Gasteiger partial charge in [0.2, 0.25) is 5.91 Å². The Morgan fingerprint density at radius 1 is 1.15 bits per heavy atom. The summed E-state index contributed by atoms with van der Waals surface area (Å²) < 4.78 is 6.74. The van der Waals surface area contributed by atoms with Crippen LogP contribution in [0.25, 0.3) is 5.69 Å². The van der Waals surface area contributed by atoms with Crippen molar-refractivity contribution in [1.29, 1.82) is 0 Å². The van der Waals surface area contributed by atoms with Gasteiger partial charge in [-0.1, -0.05) is 0 Å². The van der Waals surface area contributed by atoms with E-state index in [4.69, 9.17) is 10.5 Å². The highest BCUT2D eigenvalue weighted by molar-refractivity contribution is 6.02. The number of carbonyl (C=O) groups is 2. The first-order valence-electron chi connectivity index (χ1n) is 11.3. The number of aryl methyl sites for hydroxylation is 1. The third-order valence-corrected chi connectivity index (χ3v) is 6.14. The predicted octanol–water partition coefficient (Wildman–Crippen LogP) is 3.30. The average molecular weight is 448 g/mol. The van der Waals surface area contributed by atoms with Gasteiger partial charge in [-0.25, -0.2) is 4.68 Å². The molecule has 172 valence electrons. The van der Waals surface area contributed by atoms with Crippen molar-refractivity contribution in [3.63, 3.8) is 0 Å². The van der Waals surface area contributed by atoms with Gasteiger partial charge in [-0.2, -0.15) is 5.10 Å². The number of nitrogen functional groups attached to an aromatic ring is 1. The first-order valence-corrected chi connectivity index (χ1v) is 11.3. The van der Waals surface area contributed by atoms with Crippen LogP contribution in [0, 0.1) is 5.92 Å². The molecule has 0 unspecified atom stereocenters. The number of anilines is 1. The molecule has 2 N–H and O–H groups in total. The van der Waals surface area contributed by atoms with E-state index >= 15 is 0 Å². The minimum atomic E-state index is -0.265. The minimum absolute atomic E-state index is 0.0541. The highest BCUT2D eigenvalue weighted by Crippen LogP contribution is 2.26. The summed E-state index contributed by atoms with van der Waals surface area (Å²) in [7, 11) is 1.60. The highest BCUT2D eigenvalue weighted by atomic mass is 16.5. The molecule has 0 aliphatic carbocycles. The van der Waals surface area contributed by atoms with Gasteiger partial charge < -0.3 is 15.4 Å². The van der Waals surface area contributed by atoms with Crippen LogP contribution in [-0.4, -0.2) is 51.6 Å². The smallest absolute Gasteiger partial charge is 0.222 e. The summed E-state index contributed by atoms with van der Waals surface area (Å²) >= 11 is 0. The maximum absolute atomic E-state index is 13.2. The van der Waals surface area contributed by atoms with E-state index in [9.17, 15) is 9.59 Å². The molecule has 2 aromatic heterocycles. The molecule has 3 aromatic rings. The Hall–Kier alpha value is -3.68. The van der Waals surface area contributed by atoms with Gasteiger partial charge in [0.25, 0.3) is 0 Å². The average Bonchev–Trinajstić information content (AvgIpc) is 3.25. The van der Waals surface area contributed by atoms with Gasteiger partial charge in [0.05, 0.1) is 24.6 Å². The summed E-state index contributed by atoms with van der Waals surface area (Å²) in [4.78, 5) is 31.8. The zero-order chi connectivity index (χ0) is 23.2. The standard InChI is InChI=1S/C25H29N5O3/c1-33-21-9-7-20(8-10-21)30-25(26)22(16-28-30)24(32)19-5-3-15-29(17-19)23(31)6-2-4-18-11-13-27-14-12-18/h7-14,16,19H,2-6,15,17,26H2,1H3/t19-/m0/s1. The van der Waals surface area contributed by atoms with E-state index in [1.807, 2.05) is 41.3 Å². The zero-order valence-corrected chi connectivity index (χ0v) is 18.8. The molecule has 0 saturated carbocycles. The fourth-order valence-electron chi connectivity index (χ4n) is 4.27. The number of aromatic nitrogens is 3. The topological polar surface area (TPSA) is 103 Å². The third kappa shape index (κ3) is 5.22. The summed E-state index contributed by atoms with van der Waals surface area (Å²) in [5, 5.41) is 4.33. The van der Waals surface area contributed by atoms with Crippen molar-refractivity contribution < 1.29 is 14.3 Å². The van der Waals surface area contributed by atoms with Crippen LogP contribution in [0.2, 0.25) is 0 Å². The molecule has 4 rings (SSSR count). The molecule has 1 aromatic carbocycles. The van der Waals surface area contributed by atoms with E-state index in [-0.39, 0.29) is 17.6 Å². The Balaban J connectivity index is 1.37. The summed E-state index contributed by atoms with van der Waals surface area (Å²) in [5.41, 5.74) is 8.62. The molecule has 33 heavy (non-hydrogen) atoms. The van der Waals surface area contributed by atoms with Crippen molar-refractivity contribution in [1.82, 2.24) is 19.7 Å². The Bertz CT molecular complexity index is 1090. The number of amides is 1. The van der Waals surface area contributed by atoms with Crippen molar-refractivity contribution in [2.24, 2.45) is 5.92 Å². The quantitative estimate of drug-likeness (QED) is 0.532. The zero-order valence-electron chi connectivity index (χ0n) is 18.8. The number of methoxy groups -OCH3 is 1. The lowest BCUT2D eigenvalue weighted by Gasteiger charge is -2.32. The van der Waals surface area contributed by atoms with E-state index in [1.165, 1.54) is 11.8 Å². The van der Waals surface area contributed by atoms with Crippen molar-refractivity contribution in [3.05, 3.63) is 66.1 Å².